The molecule has 1 aromatic heterocycles. The lowest BCUT2D eigenvalue weighted by molar-refractivity contribution is 0.0998. The maximum Gasteiger partial charge on any atom is 0.255 e. The third-order valence-corrected chi connectivity index (χ3v) is 6.73. The van der Waals surface area contributed by atoms with E-state index < -0.39 is 11.7 Å². The summed E-state index contributed by atoms with van der Waals surface area (Å²) in [5.41, 5.74) is 17.9. The fourth-order valence-corrected chi connectivity index (χ4v) is 4.88. The summed E-state index contributed by atoms with van der Waals surface area (Å²) in [6, 6.07) is 20.3. The molecule has 0 aliphatic heterocycles. The van der Waals surface area contributed by atoms with E-state index >= 15 is 0 Å². The van der Waals surface area contributed by atoms with Crippen molar-refractivity contribution in [3.05, 3.63) is 101 Å². The summed E-state index contributed by atoms with van der Waals surface area (Å²) in [7, 11) is 0. The van der Waals surface area contributed by atoms with Gasteiger partial charge in [-0.3, -0.25) is 9.59 Å². The van der Waals surface area contributed by atoms with E-state index in [2.05, 4.69) is 15.6 Å². The fraction of sp³-hybridized carbons (Fsp3) is 0.133. The molecule has 0 atom stereocenters. The molecule has 2 amide bonds. The lowest BCUT2D eigenvalue weighted by atomic mass is 9.92. The van der Waals surface area contributed by atoms with Gasteiger partial charge in [-0.05, 0) is 64.7 Å². The molecular formula is C30H28FN5O3. The number of benzene rings is 4. The monoisotopic (exact) mass is 525 g/mol. The zero-order chi connectivity index (χ0) is 27.5. The minimum atomic E-state index is -0.553. The number of primary amides is 1. The van der Waals surface area contributed by atoms with Crippen molar-refractivity contribution < 1.29 is 19.1 Å². The predicted molar refractivity (Wildman–Crippen MR) is 151 cm³/mol. The summed E-state index contributed by atoms with van der Waals surface area (Å²) in [4.78, 5) is 28.6. The number of hydrogen-bond acceptors (Lipinski definition) is 5. The minimum Gasteiger partial charge on any atom is -0.395 e. The molecule has 0 unspecified atom stereocenters. The number of aliphatic hydroxyl groups is 1. The Labute approximate surface area is 223 Å². The molecule has 9 heteroatoms. The van der Waals surface area contributed by atoms with Gasteiger partial charge in [-0.15, -0.1) is 0 Å². The zero-order valence-electron chi connectivity index (χ0n) is 21.1. The third-order valence-electron chi connectivity index (χ3n) is 6.73. The van der Waals surface area contributed by atoms with Crippen molar-refractivity contribution in [3.63, 3.8) is 0 Å². The van der Waals surface area contributed by atoms with E-state index in [9.17, 15) is 14.0 Å². The first-order valence-electron chi connectivity index (χ1n) is 12.5. The second-order valence-corrected chi connectivity index (χ2v) is 9.18. The molecule has 0 bridgehead atoms. The van der Waals surface area contributed by atoms with Gasteiger partial charge in [-0.1, -0.05) is 30.3 Å². The van der Waals surface area contributed by atoms with E-state index in [4.69, 9.17) is 16.6 Å². The van der Waals surface area contributed by atoms with Crippen molar-refractivity contribution >= 4 is 39.3 Å². The van der Waals surface area contributed by atoms with E-state index in [0.717, 1.165) is 33.0 Å². The van der Waals surface area contributed by atoms with Gasteiger partial charge in [0.15, 0.2) is 0 Å². The first-order valence-corrected chi connectivity index (χ1v) is 12.5. The maximum absolute atomic E-state index is 13.3. The highest BCUT2D eigenvalue weighted by Crippen LogP contribution is 2.39. The van der Waals surface area contributed by atoms with E-state index in [-0.39, 0.29) is 19.1 Å². The molecule has 5 aromatic rings. The van der Waals surface area contributed by atoms with Crippen LogP contribution in [0.25, 0.3) is 32.9 Å². The van der Waals surface area contributed by atoms with Crippen LogP contribution in [0.1, 0.15) is 31.8 Å². The number of halogens is 1. The van der Waals surface area contributed by atoms with Crippen molar-refractivity contribution in [3.8, 4) is 11.1 Å². The smallest absolute Gasteiger partial charge is 0.255 e. The first kappa shape index (κ1) is 26.1. The number of nitrogens with one attached hydrogen (secondary N) is 3. The van der Waals surface area contributed by atoms with Gasteiger partial charge >= 0.3 is 0 Å². The summed E-state index contributed by atoms with van der Waals surface area (Å²) in [5.74, 6) is -1.36. The van der Waals surface area contributed by atoms with Gasteiger partial charge < -0.3 is 32.2 Å². The average Bonchev–Trinajstić information content (AvgIpc) is 3.31. The molecule has 8 nitrogen and oxygen atoms in total. The number of anilines is 1. The van der Waals surface area contributed by atoms with Crippen LogP contribution in [0.5, 0.6) is 0 Å². The number of aromatic amines is 1. The van der Waals surface area contributed by atoms with Crippen LogP contribution in [0.3, 0.4) is 0 Å². The summed E-state index contributed by atoms with van der Waals surface area (Å²) < 4.78 is 13.3. The molecule has 0 saturated carbocycles. The lowest BCUT2D eigenvalue weighted by Gasteiger charge is -2.16. The summed E-state index contributed by atoms with van der Waals surface area (Å²) in [6.45, 7) is 1.25. The van der Waals surface area contributed by atoms with Gasteiger partial charge in [0.1, 0.15) is 5.82 Å². The van der Waals surface area contributed by atoms with E-state index in [1.807, 2.05) is 36.4 Å². The van der Waals surface area contributed by atoms with Crippen LogP contribution >= 0.6 is 0 Å². The number of nitrogens with two attached hydrogens (primary N) is 2. The van der Waals surface area contributed by atoms with Gasteiger partial charge in [0.2, 0.25) is 0 Å². The molecule has 0 fully saturated rings. The highest BCUT2D eigenvalue weighted by Gasteiger charge is 2.20. The Balaban J connectivity index is 1.63. The van der Waals surface area contributed by atoms with E-state index in [0.29, 0.717) is 41.0 Å². The van der Waals surface area contributed by atoms with Crippen LogP contribution in [-0.2, 0) is 13.1 Å². The number of amides is 2. The number of hydrogen-bond donors (Lipinski definition) is 6. The van der Waals surface area contributed by atoms with E-state index in [1.54, 1.807) is 12.1 Å². The molecule has 0 radical (unpaired) electrons. The van der Waals surface area contributed by atoms with E-state index in [1.165, 1.54) is 24.3 Å². The summed E-state index contributed by atoms with van der Waals surface area (Å²) in [6.07, 6.45) is 0. The van der Waals surface area contributed by atoms with Crippen molar-refractivity contribution in [2.75, 3.05) is 18.5 Å². The number of H-pyrrole nitrogens is 1. The third kappa shape index (κ3) is 5.10. The van der Waals surface area contributed by atoms with Crippen LogP contribution in [0.2, 0.25) is 0 Å². The van der Waals surface area contributed by atoms with Crippen molar-refractivity contribution in [1.29, 1.82) is 0 Å². The maximum atomic E-state index is 13.3. The molecule has 5 rings (SSSR count). The second kappa shape index (κ2) is 11.0. The molecule has 0 saturated heterocycles. The van der Waals surface area contributed by atoms with Gasteiger partial charge in [-0.25, -0.2) is 4.39 Å². The van der Waals surface area contributed by atoms with Gasteiger partial charge in [0.25, 0.3) is 11.8 Å². The summed E-state index contributed by atoms with van der Waals surface area (Å²) >= 11 is 0. The predicted octanol–water partition coefficient (Wildman–Crippen LogP) is 4.02. The van der Waals surface area contributed by atoms with Crippen LogP contribution in [0.4, 0.5) is 10.1 Å². The van der Waals surface area contributed by atoms with Gasteiger partial charge in [-0.2, -0.15) is 0 Å². The molecule has 8 N–H and O–H groups in total. The molecule has 4 aromatic carbocycles. The number of carbonyl (C=O) groups excluding carboxylic acids is 2. The topological polar surface area (TPSA) is 146 Å². The Morgan fingerprint density at radius 2 is 1.77 bits per heavy atom. The van der Waals surface area contributed by atoms with Crippen LogP contribution in [0, 0.1) is 5.82 Å². The number of carbonyl (C=O) groups is 2. The number of aliphatic hydroxyl groups excluding tert-OH is 1. The van der Waals surface area contributed by atoms with Crippen molar-refractivity contribution in [2.45, 2.75) is 13.1 Å². The highest BCUT2D eigenvalue weighted by molar-refractivity contribution is 6.20. The Morgan fingerprint density at radius 1 is 0.974 bits per heavy atom. The molecule has 198 valence electrons. The van der Waals surface area contributed by atoms with Gasteiger partial charge in [0, 0.05) is 47.2 Å². The molecule has 0 aliphatic rings. The average molecular weight is 526 g/mol. The number of aromatic nitrogens is 1. The van der Waals surface area contributed by atoms with Crippen LogP contribution in [-0.4, -0.2) is 35.1 Å². The molecule has 39 heavy (non-hydrogen) atoms. The standard InChI is InChI=1S/C30H28FN5O3/c31-19-7-5-18(6-8-19)30(39)36-25-3-1-2-20(24(25)15-32)21-10-11-23(29(33)38)28-27(21)22-9-4-17(14-26(22)35-28)16-34-12-13-37/h1-11,14,34-35,37H,12-13,15-16,32H2,(H2,33,38)(H,36,39). The Kier molecular flexibility index (Phi) is 7.38. The first-order chi connectivity index (χ1) is 18.9. The normalized spacial score (nSPS) is 11.3. The van der Waals surface area contributed by atoms with Crippen molar-refractivity contribution in [1.82, 2.24) is 10.3 Å². The molecular weight excluding hydrogens is 497 g/mol. The molecule has 1 heterocycles. The Morgan fingerprint density at radius 3 is 2.49 bits per heavy atom. The second-order valence-electron chi connectivity index (χ2n) is 9.18. The summed E-state index contributed by atoms with van der Waals surface area (Å²) in [5, 5.41) is 16.8. The molecule has 0 aliphatic carbocycles. The lowest BCUT2D eigenvalue weighted by Crippen LogP contribution is -2.17. The number of rotatable bonds is 9. The number of fused-ring (bicyclic) bond motifs is 3. The van der Waals surface area contributed by atoms with Crippen LogP contribution < -0.4 is 22.1 Å². The molecule has 0 spiro atoms. The minimum absolute atomic E-state index is 0.0485. The fourth-order valence-electron chi connectivity index (χ4n) is 4.88. The van der Waals surface area contributed by atoms with Gasteiger partial charge in [0.05, 0.1) is 17.7 Å². The Bertz CT molecular complexity index is 1700. The SMILES string of the molecule is NCc1c(NC(=O)c2ccc(F)cc2)cccc1-c1ccc(C(N)=O)c2[nH]c3cc(CNCCO)ccc3c12. The largest absolute Gasteiger partial charge is 0.395 e. The zero-order valence-corrected chi connectivity index (χ0v) is 21.1. The highest BCUT2D eigenvalue weighted by atomic mass is 19.1. The van der Waals surface area contributed by atoms with Crippen LogP contribution in [0.15, 0.2) is 72.8 Å². The quantitative estimate of drug-likeness (QED) is 0.161. The van der Waals surface area contributed by atoms with Crippen molar-refractivity contribution in [2.24, 2.45) is 11.5 Å². The Hall–Kier alpha value is -4.57.